The van der Waals surface area contributed by atoms with Gasteiger partial charge in [0, 0.05) is 5.38 Å². The van der Waals surface area contributed by atoms with Crippen molar-refractivity contribution in [1.29, 1.82) is 0 Å². The van der Waals surface area contributed by atoms with Crippen molar-refractivity contribution in [3.63, 3.8) is 0 Å². The molecule has 0 atom stereocenters. The van der Waals surface area contributed by atoms with Crippen LogP contribution in [0.15, 0.2) is 29.6 Å². The number of carbonyl (C=O) groups is 1. The summed E-state index contributed by atoms with van der Waals surface area (Å²) in [7, 11) is 2.18. The standard InChI is InChI=1S/C17H22N4OS2/c1-13-3-5-14(6-4-13)15-12-24-17(23)21(15)11-16(22)18-20-9-7-19(2)8-10-20/h3-6,12H,7-11H2,1-2H3,(H,18,22)/p+1. The van der Waals surface area contributed by atoms with Crippen LogP contribution in [0.2, 0.25) is 0 Å². The van der Waals surface area contributed by atoms with Gasteiger partial charge in [0.2, 0.25) is 0 Å². The van der Waals surface area contributed by atoms with Crippen LogP contribution in [0.4, 0.5) is 0 Å². The number of likely N-dealkylation sites (N-methyl/N-ethyl adjacent to an activating group) is 1. The van der Waals surface area contributed by atoms with Gasteiger partial charge in [0.1, 0.15) is 6.54 Å². The van der Waals surface area contributed by atoms with Crippen molar-refractivity contribution < 1.29 is 9.69 Å². The summed E-state index contributed by atoms with van der Waals surface area (Å²) in [4.78, 5) is 13.9. The molecule has 5 nitrogen and oxygen atoms in total. The Kier molecular flexibility index (Phi) is 5.45. The topological polar surface area (TPSA) is 41.7 Å². The molecule has 1 fully saturated rings. The number of benzene rings is 1. The van der Waals surface area contributed by atoms with Gasteiger partial charge in [0.25, 0.3) is 5.91 Å². The second-order valence-electron chi connectivity index (χ2n) is 6.32. The lowest BCUT2D eigenvalue weighted by Crippen LogP contribution is -3.12. The van der Waals surface area contributed by atoms with Gasteiger partial charge in [-0.05, 0) is 24.7 Å². The predicted octanol–water partition coefficient (Wildman–Crippen LogP) is 1.12. The number of hydrazine groups is 1. The first-order chi connectivity index (χ1) is 11.5. The van der Waals surface area contributed by atoms with E-state index in [-0.39, 0.29) is 12.5 Å². The molecular weight excluding hydrogens is 340 g/mol. The molecule has 0 aliphatic carbocycles. The van der Waals surface area contributed by atoms with Crippen LogP contribution in [0.25, 0.3) is 11.3 Å². The maximum absolute atomic E-state index is 12.4. The Morgan fingerprint density at radius 2 is 1.96 bits per heavy atom. The molecule has 0 radical (unpaired) electrons. The van der Waals surface area contributed by atoms with Crippen LogP contribution in [0.1, 0.15) is 5.56 Å². The van der Waals surface area contributed by atoms with Crippen LogP contribution in [-0.2, 0) is 11.3 Å². The van der Waals surface area contributed by atoms with Crippen molar-refractivity contribution in [1.82, 2.24) is 15.0 Å². The average Bonchev–Trinajstić information content (AvgIpc) is 2.91. The van der Waals surface area contributed by atoms with Gasteiger partial charge < -0.3 is 9.47 Å². The first-order valence-corrected chi connectivity index (χ1v) is 9.43. The fraction of sp³-hybridized carbons (Fsp3) is 0.412. The lowest BCUT2D eigenvalue weighted by Gasteiger charge is -2.30. The summed E-state index contributed by atoms with van der Waals surface area (Å²) in [5.41, 5.74) is 6.32. The van der Waals surface area contributed by atoms with Crippen LogP contribution < -0.4 is 10.3 Å². The maximum atomic E-state index is 12.4. The quantitative estimate of drug-likeness (QED) is 0.800. The second-order valence-corrected chi connectivity index (χ2v) is 7.82. The highest BCUT2D eigenvalue weighted by Crippen LogP contribution is 2.24. The molecule has 3 rings (SSSR count). The van der Waals surface area contributed by atoms with Crippen molar-refractivity contribution in [2.75, 3.05) is 33.2 Å². The number of hydrogen-bond donors (Lipinski definition) is 2. The van der Waals surface area contributed by atoms with Crippen LogP contribution in [-0.4, -0.2) is 48.7 Å². The highest BCUT2D eigenvalue weighted by molar-refractivity contribution is 7.73. The number of piperazine rings is 1. The van der Waals surface area contributed by atoms with E-state index in [0.29, 0.717) is 0 Å². The molecule has 128 valence electrons. The van der Waals surface area contributed by atoms with Crippen LogP contribution in [0.3, 0.4) is 0 Å². The Morgan fingerprint density at radius 1 is 1.29 bits per heavy atom. The molecule has 0 bridgehead atoms. The van der Waals surface area contributed by atoms with Gasteiger partial charge in [0.15, 0.2) is 3.95 Å². The number of carbonyl (C=O) groups excluding carboxylic acids is 1. The molecule has 2 heterocycles. The highest BCUT2D eigenvalue weighted by atomic mass is 32.1. The van der Waals surface area contributed by atoms with Crippen molar-refractivity contribution in [3.8, 4) is 11.3 Å². The van der Waals surface area contributed by atoms with E-state index in [9.17, 15) is 4.79 Å². The third-order valence-electron chi connectivity index (χ3n) is 4.33. The molecule has 2 N–H and O–H groups in total. The minimum absolute atomic E-state index is 0.0163. The Labute approximate surface area is 151 Å². The number of rotatable bonds is 4. The first-order valence-electron chi connectivity index (χ1n) is 8.14. The van der Waals surface area contributed by atoms with E-state index in [1.165, 1.54) is 21.8 Å². The summed E-state index contributed by atoms with van der Waals surface area (Å²) in [6.07, 6.45) is 0. The molecule has 1 aromatic heterocycles. The van der Waals surface area contributed by atoms with Gasteiger partial charge in [-0.2, -0.15) is 0 Å². The van der Waals surface area contributed by atoms with Gasteiger partial charge in [-0.15, -0.1) is 11.3 Å². The van der Waals surface area contributed by atoms with E-state index in [1.54, 1.807) is 0 Å². The molecule has 1 aliphatic heterocycles. The van der Waals surface area contributed by atoms with E-state index in [1.807, 2.05) is 15.0 Å². The van der Waals surface area contributed by atoms with Crippen LogP contribution >= 0.6 is 23.6 Å². The zero-order chi connectivity index (χ0) is 17.1. The zero-order valence-corrected chi connectivity index (χ0v) is 15.7. The number of aryl methyl sites for hydroxylation is 1. The normalized spacial score (nSPS) is 16.2. The number of hydrogen-bond acceptors (Lipinski definition) is 4. The molecule has 0 saturated carbocycles. The van der Waals surface area contributed by atoms with Gasteiger partial charge in [-0.1, -0.05) is 29.8 Å². The summed E-state index contributed by atoms with van der Waals surface area (Å²) in [5.74, 6) is -0.0163. The van der Waals surface area contributed by atoms with E-state index < -0.39 is 0 Å². The number of nitrogens with one attached hydrogen (secondary N) is 2. The summed E-state index contributed by atoms with van der Waals surface area (Å²) < 4.78 is 2.64. The molecule has 1 aliphatic rings. The van der Waals surface area contributed by atoms with Crippen molar-refractivity contribution in [2.45, 2.75) is 13.5 Å². The van der Waals surface area contributed by atoms with E-state index in [4.69, 9.17) is 12.2 Å². The van der Waals surface area contributed by atoms with E-state index in [2.05, 4.69) is 43.7 Å². The Balaban J connectivity index is 1.71. The zero-order valence-electron chi connectivity index (χ0n) is 14.0. The summed E-state index contributed by atoms with van der Waals surface area (Å²) >= 11 is 6.92. The summed E-state index contributed by atoms with van der Waals surface area (Å²) in [6.45, 7) is 6.19. The monoisotopic (exact) mass is 363 g/mol. The van der Waals surface area contributed by atoms with E-state index in [0.717, 1.165) is 41.4 Å². The maximum Gasteiger partial charge on any atom is 0.254 e. The van der Waals surface area contributed by atoms with Crippen molar-refractivity contribution in [3.05, 3.63) is 39.2 Å². The second kappa shape index (κ2) is 7.57. The van der Waals surface area contributed by atoms with Crippen molar-refractivity contribution >= 4 is 29.5 Å². The smallest absolute Gasteiger partial charge is 0.254 e. The number of quaternary nitrogens is 1. The molecule has 0 spiro atoms. The molecule has 7 heteroatoms. The molecule has 1 saturated heterocycles. The predicted molar refractivity (Wildman–Crippen MR) is 99.7 cm³/mol. The Hall–Kier alpha value is -1.54. The number of aromatic nitrogens is 1. The fourth-order valence-corrected chi connectivity index (χ4v) is 3.86. The summed E-state index contributed by atoms with van der Waals surface area (Å²) in [6, 6.07) is 8.30. The molecule has 2 aromatic rings. The lowest BCUT2D eigenvalue weighted by atomic mass is 10.1. The SMILES string of the molecule is Cc1ccc(-c2csc(=S)n2CC(=O)NN2CC[NH+](C)CC2)cc1. The van der Waals surface area contributed by atoms with Gasteiger partial charge in [0.05, 0.1) is 38.9 Å². The molecule has 1 aromatic carbocycles. The third kappa shape index (κ3) is 4.10. The fourth-order valence-electron chi connectivity index (χ4n) is 2.79. The molecule has 24 heavy (non-hydrogen) atoms. The molecule has 0 unspecified atom stereocenters. The minimum Gasteiger partial charge on any atom is -0.335 e. The number of amides is 1. The van der Waals surface area contributed by atoms with Crippen LogP contribution in [0, 0.1) is 10.9 Å². The average molecular weight is 364 g/mol. The minimum atomic E-state index is -0.0163. The molecular formula is C17H23N4OS2+. The highest BCUT2D eigenvalue weighted by Gasteiger charge is 2.19. The molecule has 1 amide bonds. The summed E-state index contributed by atoms with van der Waals surface area (Å²) in [5, 5.41) is 4.04. The van der Waals surface area contributed by atoms with Crippen molar-refractivity contribution in [2.24, 2.45) is 0 Å². The van der Waals surface area contributed by atoms with E-state index >= 15 is 0 Å². The van der Waals surface area contributed by atoms with Gasteiger partial charge >= 0.3 is 0 Å². The largest absolute Gasteiger partial charge is 0.335 e. The van der Waals surface area contributed by atoms with Gasteiger partial charge in [-0.3, -0.25) is 10.2 Å². The third-order valence-corrected chi connectivity index (χ3v) is 5.60. The lowest BCUT2D eigenvalue weighted by molar-refractivity contribution is -0.884. The first kappa shape index (κ1) is 17.3. The Morgan fingerprint density at radius 3 is 2.62 bits per heavy atom. The number of thiazole rings is 1. The Bertz CT molecular complexity index is 758. The van der Waals surface area contributed by atoms with Crippen LogP contribution in [0.5, 0.6) is 0 Å². The number of nitrogens with zero attached hydrogens (tertiary/aromatic N) is 2. The van der Waals surface area contributed by atoms with Gasteiger partial charge in [-0.25, -0.2) is 5.01 Å².